The number of fused-ring (bicyclic) bond motifs is 3. The molecule has 2 heterocycles. The predicted octanol–water partition coefficient (Wildman–Crippen LogP) is 4.30. The van der Waals surface area contributed by atoms with Crippen LogP contribution in [0.1, 0.15) is 13.8 Å². The number of H-pyrrole nitrogens is 1. The normalized spacial score (nSPS) is 10.9. The Kier molecular flexibility index (Phi) is 4.08. The highest BCUT2D eigenvalue weighted by Gasteiger charge is 2.12. The lowest BCUT2D eigenvalue weighted by molar-refractivity contribution is -0.115. The van der Waals surface area contributed by atoms with Crippen molar-refractivity contribution < 1.29 is 9.59 Å². The first-order valence-electron chi connectivity index (χ1n) is 8.57. The first kappa shape index (κ1) is 16.8. The predicted molar refractivity (Wildman–Crippen MR) is 108 cm³/mol. The van der Waals surface area contributed by atoms with Crippen molar-refractivity contribution in [3.8, 4) is 11.3 Å². The summed E-state index contributed by atoms with van der Waals surface area (Å²) < 4.78 is 0. The smallest absolute Gasteiger partial charge is 0.221 e. The van der Waals surface area contributed by atoms with Gasteiger partial charge in [-0.15, -0.1) is 0 Å². The van der Waals surface area contributed by atoms with Gasteiger partial charge < -0.3 is 15.6 Å². The molecule has 0 spiro atoms. The molecule has 2 amide bonds. The van der Waals surface area contributed by atoms with Crippen molar-refractivity contribution in [2.75, 3.05) is 10.6 Å². The number of nitrogens with zero attached hydrogens (tertiary/aromatic N) is 1. The number of aromatic nitrogens is 2. The maximum Gasteiger partial charge on any atom is 0.221 e. The van der Waals surface area contributed by atoms with E-state index in [1.54, 1.807) is 6.20 Å². The molecule has 6 nitrogen and oxygen atoms in total. The Hall–Kier alpha value is -3.67. The van der Waals surface area contributed by atoms with Crippen LogP contribution in [0.4, 0.5) is 11.4 Å². The summed E-state index contributed by atoms with van der Waals surface area (Å²) >= 11 is 0. The highest BCUT2D eigenvalue weighted by molar-refractivity contribution is 6.12. The van der Waals surface area contributed by atoms with E-state index in [0.717, 1.165) is 44.4 Å². The number of carbonyl (C=O) groups excluding carboxylic acids is 2. The highest BCUT2D eigenvalue weighted by Crippen LogP contribution is 2.33. The maximum atomic E-state index is 11.3. The van der Waals surface area contributed by atoms with E-state index in [4.69, 9.17) is 0 Å². The van der Waals surface area contributed by atoms with Crippen LogP contribution in [-0.2, 0) is 9.59 Å². The average molecular weight is 358 g/mol. The van der Waals surface area contributed by atoms with Gasteiger partial charge in [-0.2, -0.15) is 0 Å². The zero-order valence-electron chi connectivity index (χ0n) is 15.0. The van der Waals surface area contributed by atoms with Crippen molar-refractivity contribution in [3.63, 3.8) is 0 Å². The van der Waals surface area contributed by atoms with Crippen LogP contribution in [0.5, 0.6) is 0 Å². The highest BCUT2D eigenvalue weighted by atomic mass is 16.2. The first-order valence-corrected chi connectivity index (χ1v) is 8.57. The molecule has 2 aromatic heterocycles. The number of pyridine rings is 1. The number of hydrogen-bond acceptors (Lipinski definition) is 3. The van der Waals surface area contributed by atoms with Crippen LogP contribution in [0.3, 0.4) is 0 Å². The average Bonchev–Trinajstić information content (AvgIpc) is 2.99. The van der Waals surface area contributed by atoms with E-state index in [9.17, 15) is 9.59 Å². The van der Waals surface area contributed by atoms with Gasteiger partial charge in [0.15, 0.2) is 0 Å². The van der Waals surface area contributed by atoms with E-state index in [2.05, 4.69) is 20.6 Å². The molecule has 0 aliphatic rings. The number of benzene rings is 2. The van der Waals surface area contributed by atoms with Crippen molar-refractivity contribution in [2.45, 2.75) is 13.8 Å². The quantitative estimate of drug-likeness (QED) is 0.510. The summed E-state index contributed by atoms with van der Waals surface area (Å²) in [6.07, 6.45) is 1.78. The molecular formula is C21H18N4O2. The second-order valence-electron chi connectivity index (χ2n) is 6.41. The van der Waals surface area contributed by atoms with Gasteiger partial charge in [0.1, 0.15) is 0 Å². The van der Waals surface area contributed by atoms with Crippen molar-refractivity contribution in [2.24, 2.45) is 0 Å². The largest absolute Gasteiger partial charge is 0.353 e. The van der Waals surface area contributed by atoms with Gasteiger partial charge in [-0.05, 0) is 36.4 Å². The van der Waals surface area contributed by atoms with Gasteiger partial charge in [0, 0.05) is 53.3 Å². The molecule has 2 aromatic carbocycles. The Morgan fingerprint density at radius 1 is 0.852 bits per heavy atom. The summed E-state index contributed by atoms with van der Waals surface area (Å²) in [6, 6.07) is 15.3. The molecule has 0 radical (unpaired) electrons. The van der Waals surface area contributed by atoms with E-state index >= 15 is 0 Å². The topological polar surface area (TPSA) is 86.9 Å². The van der Waals surface area contributed by atoms with Gasteiger partial charge in [0.05, 0.1) is 11.2 Å². The van der Waals surface area contributed by atoms with Crippen LogP contribution in [0.2, 0.25) is 0 Å². The molecule has 0 aliphatic heterocycles. The van der Waals surface area contributed by atoms with Crippen molar-refractivity contribution in [1.82, 2.24) is 9.97 Å². The molecule has 0 aliphatic carbocycles. The Morgan fingerprint density at radius 2 is 1.52 bits per heavy atom. The lowest BCUT2D eigenvalue weighted by Crippen LogP contribution is -2.05. The fraction of sp³-hybridized carbons (Fsp3) is 0.0952. The number of amides is 2. The van der Waals surface area contributed by atoms with Gasteiger partial charge in [-0.25, -0.2) is 0 Å². The Labute approximate surface area is 155 Å². The number of carbonyl (C=O) groups is 2. The molecule has 3 N–H and O–H groups in total. The minimum atomic E-state index is -0.103. The van der Waals surface area contributed by atoms with Crippen molar-refractivity contribution >= 4 is 45.0 Å². The van der Waals surface area contributed by atoms with E-state index in [-0.39, 0.29) is 11.8 Å². The SMILES string of the molecule is CC(=O)Nc1ccc(-c2nccc3c2[nH]c2ccc(NC(C)=O)cc23)cc1. The summed E-state index contributed by atoms with van der Waals surface area (Å²) in [4.78, 5) is 30.5. The summed E-state index contributed by atoms with van der Waals surface area (Å²) in [5.74, 6) is -0.204. The lowest BCUT2D eigenvalue weighted by atomic mass is 10.1. The molecule has 0 unspecified atom stereocenters. The second-order valence-corrected chi connectivity index (χ2v) is 6.41. The molecule has 0 bridgehead atoms. The molecule has 0 saturated carbocycles. The fourth-order valence-corrected chi connectivity index (χ4v) is 3.24. The van der Waals surface area contributed by atoms with Crippen LogP contribution in [0, 0.1) is 0 Å². The standard InChI is InChI=1S/C21H18N4O2/c1-12(26)23-15-5-3-14(4-6-15)20-21-17(9-10-22-20)18-11-16(24-13(2)27)7-8-19(18)25-21/h3-11,25H,1-2H3,(H,23,26)(H,24,27). The van der Waals surface area contributed by atoms with Gasteiger partial charge >= 0.3 is 0 Å². The number of anilines is 2. The van der Waals surface area contributed by atoms with Crippen LogP contribution in [0.15, 0.2) is 54.7 Å². The van der Waals surface area contributed by atoms with Gasteiger partial charge in [0.25, 0.3) is 0 Å². The summed E-state index contributed by atoms with van der Waals surface area (Å²) in [7, 11) is 0. The number of hydrogen-bond donors (Lipinski definition) is 3. The molecule has 0 fully saturated rings. The van der Waals surface area contributed by atoms with Gasteiger partial charge in [0.2, 0.25) is 11.8 Å². The Balaban J connectivity index is 1.82. The summed E-state index contributed by atoms with van der Waals surface area (Å²) in [5, 5.41) is 7.64. The van der Waals surface area contributed by atoms with E-state index < -0.39 is 0 Å². The third kappa shape index (κ3) is 3.25. The number of rotatable bonds is 3. The van der Waals surface area contributed by atoms with Crippen LogP contribution < -0.4 is 10.6 Å². The molecular weight excluding hydrogens is 340 g/mol. The third-order valence-corrected chi connectivity index (χ3v) is 4.32. The molecule has 134 valence electrons. The molecule has 6 heteroatoms. The van der Waals surface area contributed by atoms with E-state index in [1.165, 1.54) is 13.8 Å². The molecule has 0 saturated heterocycles. The van der Waals surface area contributed by atoms with Gasteiger partial charge in [-0.3, -0.25) is 14.6 Å². The minimum Gasteiger partial charge on any atom is -0.353 e. The van der Waals surface area contributed by atoms with Crippen molar-refractivity contribution in [1.29, 1.82) is 0 Å². The second kappa shape index (κ2) is 6.57. The molecule has 27 heavy (non-hydrogen) atoms. The molecule has 4 aromatic rings. The minimum absolute atomic E-state index is 0.101. The number of nitrogens with one attached hydrogen (secondary N) is 3. The Bertz CT molecular complexity index is 1180. The van der Waals surface area contributed by atoms with E-state index in [0.29, 0.717) is 0 Å². The third-order valence-electron chi connectivity index (χ3n) is 4.32. The summed E-state index contributed by atoms with van der Waals surface area (Å²) in [6.45, 7) is 2.97. The van der Waals surface area contributed by atoms with Crippen LogP contribution in [0.25, 0.3) is 33.1 Å². The zero-order chi connectivity index (χ0) is 19.0. The van der Waals surface area contributed by atoms with Gasteiger partial charge in [-0.1, -0.05) is 12.1 Å². The zero-order valence-corrected chi connectivity index (χ0v) is 15.0. The first-order chi connectivity index (χ1) is 13.0. The Morgan fingerprint density at radius 3 is 2.22 bits per heavy atom. The monoisotopic (exact) mass is 358 g/mol. The van der Waals surface area contributed by atoms with Crippen LogP contribution in [-0.4, -0.2) is 21.8 Å². The van der Waals surface area contributed by atoms with E-state index in [1.807, 2.05) is 48.5 Å². The fourth-order valence-electron chi connectivity index (χ4n) is 3.24. The summed E-state index contributed by atoms with van der Waals surface area (Å²) in [5.41, 5.74) is 5.19. The van der Waals surface area contributed by atoms with Crippen LogP contribution >= 0.6 is 0 Å². The lowest BCUT2D eigenvalue weighted by Gasteiger charge is -2.05. The maximum absolute atomic E-state index is 11.3. The molecule has 4 rings (SSSR count). The molecule has 0 atom stereocenters. The number of aromatic amines is 1. The van der Waals surface area contributed by atoms with Crippen molar-refractivity contribution in [3.05, 3.63) is 54.7 Å².